The summed E-state index contributed by atoms with van der Waals surface area (Å²) in [6, 6.07) is 27.8. The van der Waals surface area contributed by atoms with Crippen LogP contribution in [0.2, 0.25) is 0 Å². The fourth-order valence-corrected chi connectivity index (χ4v) is 2.92. The minimum absolute atomic E-state index is 0.659. The number of hydrogen-bond donors (Lipinski definition) is 0. The largest absolute Gasteiger partial charge is 0.0622 e. The first-order valence-electron chi connectivity index (χ1n) is 7.97. The lowest BCUT2D eigenvalue weighted by molar-refractivity contribution is 0.867. The van der Waals surface area contributed by atoms with Gasteiger partial charge in [0.25, 0.3) is 0 Å². The second-order valence-corrected chi connectivity index (χ2v) is 6.06. The van der Waals surface area contributed by atoms with Crippen molar-refractivity contribution in [3.63, 3.8) is 0 Å². The normalized spacial score (nSPS) is 11.4. The summed E-state index contributed by atoms with van der Waals surface area (Å²) in [6.45, 7) is 4.41. The highest BCUT2D eigenvalue weighted by atomic mass is 14.2. The van der Waals surface area contributed by atoms with E-state index in [0.29, 0.717) is 5.92 Å². The number of hydrogen-bond acceptors (Lipinski definition) is 0. The lowest BCUT2D eigenvalue weighted by Gasteiger charge is -2.01. The number of benzene rings is 3. The molecule has 110 valence electrons. The summed E-state index contributed by atoms with van der Waals surface area (Å²) in [5.41, 5.74) is 7.17. The highest BCUT2D eigenvalue weighted by molar-refractivity contribution is 5.76. The van der Waals surface area contributed by atoms with Crippen LogP contribution in [0.5, 0.6) is 0 Å². The average molecular weight is 286 g/mol. The van der Waals surface area contributed by atoms with Crippen molar-refractivity contribution >= 4 is 0 Å². The Morgan fingerprint density at radius 2 is 1.05 bits per heavy atom. The van der Waals surface area contributed by atoms with Crippen LogP contribution in [0.1, 0.15) is 36.5 Å². The van der Waals surface area contributed by atoms with Gasteiger partial charge in [0.1, 0.15) is 0 Å². The predicted octanol–water partition coefficient (Wildman–Crippen LogP) is 6.07. The van der Waals surface area contributed by atoms with Crippen LogP contribution in [0.25, 0.3) is 11.1 Å². The molecule has 0 saturated heterocycles. The van der Waals surface area contributed by atoms with E-state index in [9.17, 15) is 0 Å². The molecule has 0 amide bonds. The standard InChI is InChI=1S/C13H10.C9H12/c1-3-7-12-10(5-1)9-11-6-2-4-8-13(11)12;1-8(2)9-6-4-3-5-7-9/h1-8H,9H2;3-8H,1-2H3. The first-order valence-corrected chi connectivity index (χ1v) is 7.97. The molecule has 0 N–H and O–H groups in total. The molecular formula is C22H22. The summed E-state index contributed by atoms with van der Waals surface area (Å²) in [5, 5.41) is 0. The molecule has 0 unspecified atom stereocenters. The lowest BCUT2D eigenvalue weighted by Crippen LogP contribution is -1.83. The summed E-state index contributed by atoms with van der Waals surface area (Å²) in [6.07, 6.45) is 1.10. The Bertz CT molecular complexity index is 695. The van der Waals surface area contributed by atoms with Gasteiger partial charge in [0.05, 0.1) is 0 Å². The molecule has 0 heteroatoms. The van der Waals surface area contributed by atoms with Gasteiger partial charge >= 0.3 is 0 Å². The van der Waals surface area contributed by atoms with E-state index in [4.69, 9.17) is 0 Å². The van der Waals surface area contributed by atoms with Gasteiger partial charge in [-0.05, 0) is 40.2 Å². The summed E-state index contributed by atoms with van der Waals surface area (Å²) in [5.74, 6) is 0.659. The van der Waals surface area contributed by atoms with E-state index >= 15 is 0 Å². The molecule has 1 aliphatic carbocycles. The maximum absolute atomic E-state index is 2.22. The first-order chi connectivity index (χ1) is 10.8. The minimum Gasteiger partial charge on any atom is -0.0622 e. The van der Waals surface area contributed by atoms with E-state index in [2.05, 4.69) is 86.6 Å². The molecule has 0 heterocycles. The molecule has 0 nitrogen and oxygen atoms in total. The van der Waals surface area contributed by atoms with Crippen LogP contribution in [0.3, 0.4) is 0 Å². The molecule has 0 radical (unpaired) electrons. The van der Waals surface area contributed by atoms with Crippen molar-refractivity contribution in [1.82, 2.24) is 0 Å². The monoisotopic (exact) mass is 286 g/mol. The van der Waals surface area contributed by atoms with Crippen LogP contribution in [0.15, 0.2) is 78.9 Å². The molecular weight excluding hydrogens is 264 g/mol. The van der Waals surface area contributed by atoms with Gasteiger partial charge in [0, 0.05) is 0 Å². The fraction of sp³-hybridized carbons (Fsp3) is 0.182. The Hall–Kier alpha value is -2.34. The Balaban J connectivity index is 0.000000142. The topological polar surface area (TPSA) is 0 Å². The third kappa shape index (κ3) is 3.12. The van der Waals surface area contributed by atoms with Crippen molar-refractivity contribution in [2.45, 2.75) is 26.2 Å². The van der Waals surface area contributed by atoms with E-state index in [1.165, 1.54) is 27.8 Å². The summed E-state index contributed by atoms with van der Waals surface area (Å²) < 4.78 is 0. The summed E-state index contributed by atoms with van der Waals surface area (Å²) >= 11 is 0. The van der Waals surface area contributed by atoms with E-state index in [1.54, 1.807) is 0 Å². The van der Waals surface area contributed by atoms with Crippen LogP contribution >= 0.6 is 0 Å². The van der Waals surface area contributed by atoms with Gasteiger partial charge in [0.2, 0.25) is 0 Å². The molecule has 0 aromatic heterocycles. The van der Waals surface area contributed by atoms with Crippen molar-refractivity contribution in [1.29, 1.82) is 0 Å². The zero-order chi connectivity index (χ0) is 15.4. The van der Waals surface area contributed by atoms with Gasteiger partial charge in [-0.15, -0.1) is 0 Å². The predicted molar refractivity (Wildman–Crippen MR) is 95.2 cm³/mol. The zero-order valence-corrected chi connectivity index (χ0v) is 13.3. The van der Waals surface area contributed by atoms with Crippen molar-refractivity contribution in [2.75, 3.05) is 0 Å². The van der Waals surface area contributed by atoms with Gasteiger partial charge in [0.15, 0.2) is 0 Å². The van der Waals surface area contributed by atoms with Crippen LogP contribution < -0.4 is 0 Å². The maximum atomic E-state index is 2.22. The van der Waals surface area contributed by atoms with Crippen molar-refractivity contribution < 1.29 is 0 Å². The van der Waals surface area contributed by atoms with Crippen LogP contribution in [0, 0.1) is 0 Å². The maximum Gasteiger partial charge on any atom is -0.00135 e. The van der Waals surface area contributed by atoms with Gasteiger partial charge in [-0.25, -0.2) is 0 Å². The second-order valence-electron chi connectivity index (χ2n) is 6.06. The van der Waals surface area contributed by atoms with E-state index in [1.807, 2.05) is 6.07 Å². The molecule has 4 rings (SSSR count). The van der Waals surface area contributed by atoms with E-state index in [-0.39, 0.29) is 0 Å². The Morgan fingerprint density at radius 1 is 0.591 bits per heavy atom. The molecule has 0 atom stereocenters. The summed E-state index contributed by atoms with van der Waals surface area (Å²) in [7, 11) is 0. The van der Waals surface area contributed by atoms with Crippen LogP contribution in [-0.4, -0.2) is 0 Å². The van der Waals surface area contributed by atoms with Gasteiger partial charge < -0.3 is 0 Å². The molecule has 22 heavy (non-hydrogen) atoms. The number of fused-ring (bicyclic) bond motifs is 3. The second kappa shape index (κ2) is 6.62. The molecule has 0 spiro atoms. The van der Waals surface area contributed by atoms with Gasteiger partial charge in [-0.1, -0.05) is 92.7 Å². The van der Waals surface area contributed by atoms with E-state index in [0.717, 1.165) is 6.42 Å². The van der Waals surface area contributed by atoms with Gasteiger partial charge in [-0.2, -0.15) is 0 Å². The third-order valence-electron chi connectivity index (χ3n) is 4.17. The molecule has 1 aliphatic rings. The smallest absolute Gasteiger partial charge is 0.00135 e. The first kappa shape index (κ1) is 14.6. The Morgan fingerprint density at radius 3 is 1.50 bits per heavy atom. The Kier molecular flexibility index (Phi) is 4.39. The van der Waals surface area contributed by atoms with Crippen molar-refractivity contribution in [2.24, 2.45) is 0 Å². The van der Waals surface area contributed by atoms with Crippen LogP contribution in [0.4, 0.5) is 0 Å². The highest BCUT2D eigenvalue weighted by Crippen LogP contribution is 2.35. The minimum atomic E-state index is 0.659. The lowest BCUT2D eigenvalue weighted by atomic mass is 10.0. The third-order valence-corrected chi connectivity index (χ3v) is 4.17. The molecule has 0 fully saturated rings. The average Bonchev–Trinajstić information content (AvgIpc) is 2.95. The van der Waals surface area contributed by atoms with Crippen molar-refractivity contribution in [3.8, 4) is 11.1 Å². The fourth-order valence-electron chi connectivity index (χ4n) is 2.92. The molecule has 0 aliphatic heterocycles. The molecule has 0 saturated carbocycles. The quantitative estimate of drug-likeness (QED) is 0.398. The Labute approximate surface area is 133 Å². The van der Waals surface area contributed by atoms with Crippen LogP contribution in [-0.2, 0) is 6.42 Å². The molecule has 0 bridgehead atoms. The zero-order valence-electron chi connectivity index (χ0n) is 13.3. The molecule has 3 aromatic rings. The number of rotatable bonds is 1. The highest BCUT2D eigenvalue weighted by Gasteiger charge is 2.15. The SMILES string of the molecule is CC(C)c1ccccc1.c1ccc2c(c1)Cc1ccccc1-2. The summed E-state index contributed by atoms with van der Waals surface area (Å²) in [4.78, 5) is 0. The van der Waals surface area contributed by atoms with Gasteiger partial charge in [-0.3, -0.25) is 0 Å². The van der Waals surface area contributed by atoms with Crippen molar-refractivity contribution in [3.05, 3.63) is 95.6 Å². The molecule has 3 aromatic carbocycles. The van der Waals surface area contributed by atoms with E-state index < -0.39 is 0 Å².